The Labute approximate surface area is 191 Å². The van der Waals surface area contributed by atoms with Crippen LogP contribution >= 0.6 is 0 Å². The van der Waals surface area contributed by atoms with Crippen molar-refractivity contribution in [2.24, 2.45) is 0 Å². The normalized spacial score (nSPS) is 18.7. The summed E-state index contributed by atoms with van der Waals surface area (Å²) in [6.07, 6.45) is 3.17. The number of rotatable bonds is 9. The van der Waals surface area contributed by atoms with Crippen LogP contribution in [0.2, 0.25) is 0 Å². The number of nitrogens with one attached hydrogen (secondary N) is 2. The fraction of sp³-hybridized carbons (Fsp3) is 0.720. The first kappa shape index (κ1) is 27.7. The van der Waals surface area contributed by atoms with Crippen molar-refractivity contribution in [3.05, 3.63) is 22.8 Å². The summed E-state index contributed by atoms with van der Waals surface area (Å²) in [5, 5.41) is 11.7. The van der Waals surface area contributed by atoms with Gasteiger partial charge in [0.1, 0.15) is 6.23 Å². The Bertz CT molecular complexity index is 718. The second kappa shape index (κ2) is 11.5. The van der Waals surface area contributed by atoms with E-state index in [0.717, 1.165) is 29.6 Å². The minimum Gasteiger partial charge on any atom is -0.399 e. The van der Waals surface area contributed by atoms with E-state index in [9.17, 15) is 0 Å². The standard InChI is InChI=1S/C23H39BN2O3.C2H6/c1-10-15(4)20-16(5)13-18(26-19(11-2)27-12-3)17(14-25)21(20)24-28-22(6,7)23(8,9)29-24;1-2/h13-15,19,25-26H,10-12H2,1-9H3;1-2H3. The largest absolute Gasteiger partial charge is 0.495 e. The van der Waals surface area contributed by atoms with Crippen LogP contribution in [0.5, 0.6) is 0 Å². The third-order valence-electron chi connectivity index (χ3n) is 6.45. The summed E-state index contributed by atoms with van der Waals surface area (Å²) in [6.45, 7) is 23.5. The maximum Gasteiger partial charge on any atom is 0.495 e. The molecule has 0 saturated carbocycles. The Morgan fingerprint density at radius 3 is 2.06 bits per heavy atom. The average molecular weight is 432 g/mol. The number of aryl methyl sites for hydroxylation is 1. The van der Waals surface area contributed by atoms with Crippen LogP contribution in [-0.4, -0.2) is 37.4 Å². The first-order chi connectivity index (χ1) is 14.5. The van der Waals surface area contributed by atoms with Crippen LogP contribution in [0, 0.1) is 12.3 Å². The van der Waals surface area contributed by atoms with E-state index in [4.69, 9.17) is 19.5 Å². The van der Waals surface area contributed by atoms with Crippen molar-refractivity contribution >= 4 is 24.5 Å². The summed E-state index contributed by atoms with van der Waals surface area (Å²) in [5.74, 6) is 0.339. The van der Waals surface area contributed by atoms with Gasteiger partial charge in [0, 0.05) is 24.1 Å². The molecule has 0 aliphatic carbocycles. The molecule has 1 heterocycles. The topological polar surface area (TPSA) is 63.6 Å². The number of hydrogen-bond acceptors (Lipinski definition) is 5. The minimum absolute atomic E-state index is 0.0984. The molecule has 1 saturated heterocycles. The van der Waals surface area contributed by atoms with Crippen molar-refractivity contribution in [2.45, 2.75) is 112 Å². The second-order valence-electron chi connectivity index (χ2n) is 9.02. The molecule has 0 spiro atoms. The van der Waals surface area contributed by atoms with E-state index in [0.29, 0.717) is 12.5 Å². The van der Waals surface area contributed by atoms with Gasteiger partial charge in [0.25, 0.3) is 0 Å². The molecule has 1 aliphatic heterocycles. The molecule has 0 radical (unpaired) electrons. The predicted molar refractivity (Wildman–Crippen MR) is 134 cm³/mol. The third kappa shape index (κ3) is 5.91. The SMILES string of the molecule is CC.CCOC(CC)Nc1cc(C)c(C(C)CC)c(B2OC(C)(C)C(C)(C)O2)c1C=N. The summed E-state index contributed by atoms with van der Waals surface area (Å²) in [4.78, 5) is 0. The van der Waals surface area contributed by atoms with Crippen molar-refractivity contribution in [1.29, 1.82) is 5.41 Å². The first-order valence-corrected chi connectivity index (χ1v) is 11.9. The molecule has 0 bridgehead atoms. The number of benzene rings is 1. The van der Waals surface area contributed by atoms with Crippen molar-refractivity contribution in [3.63, 3.8) is 0 Å². The van der Waals surface area contributed by atoms with E-state index >= 15 is 0 Å². The zero-order chi connectivity index (χ0) is 24.0. The fourth-order valence-electron chi connectivity index (χ4n) is 3.86. The zero-order valence-electron chi connectivity index (χ0n) is 21.7. The lowest BCUT2D eigenvalue weighted by molar-refractivity contribution is 0.00578. The molecule has 1 fully saturated rings. The molecule has 1 aromatic carbocycles. The smallest absolute Gasteiger partial charge is 0.399 e. The second-order valence-corrected chi connectivity index (χ2v) is 9.02. The van der Waals surface area contributed by atoms with Gasteiger partial charge in [0.2, 0.25) is 0 Å². The van der Waals surface area contributed by atoms with Gasteiger partial charge in [0.15, 0.2) is 0 Å². The molecular weight excluding hydrogens is 387 g/mol. The highest BCUT2D eigenvalue weighted by Gasteiger charge is 2.53. The summed E-state index contributed by atoms with van der Waals surface area (Å²) in [7, 11) is -0.506. The third-order valence-corrected chi connectivity index (χ3v) is 6.45. The molecule has 1 aliphatic rings. The lowest BCUT2D eigenvalue weighted by Crippen LogP contribution is -2.41. The molecule has 6 heteroatoms. The summed E-state index contributed by atoms with van der Waals surface area (Å²) >= 11 is 0. The summed E-state index contributed by atoms with van der Waals surface area (Å²) < 4.78 is 18.7. The highest BCUT2D eigenvalue weighted by molar-refractivity contribution is 6.64. The van der Waals surface area contributed by atoms with Gasteiger partial charge in [-0.15, -0.1) is 0 Å². The van der Waals surface area contributed by atoms with Crippen molar-refractivity contribution in [1.82, 2.24) is 0 Å². The van der Waals surface area contributed by atoms with E-state index < -0.39 is 18.3 Å². The van der Waals surface area contributed by atoms with Crippen LogP contribution in [0.1, 0.15) is 105 Å². The number of anilines is 1. The van der Waals surface area contributed by atoms with Gasteiger partial charge in [-0.3, -0.25) is 0 Å². The van der Waals surface area contributed by atoms with Gasteiger partial charge in [-0.1, -0.05) is 34.6 Å². The molecule has 2 unspecified atom stereocenters. The predicted octanol–water partition coefficient (Wildman–Crippen LogP) is 6.02. The van der Waals surface area contributed by atoms with Crippen LogP contribution in [0.25, 0.3) is 0 Å². The van der Waals surface area contributed by atoms with E-state index in [1.165, 1.54) is 17.3 Å². The van der Waals surface area contributed by atoms with Gasteiger partial charge in [0.05, 0.1) is 11.2 Å². The summed E-state index contributed by atoms with van der Waals surface area (Å²) in [5.41, 5.74) is 4.23. The van der Waals surface area contributed by atoms with E-state index in [2.05, 4.69) is 66.8 Å². The maximum absolute atomic E-state index is 8.24. The van der Waals surface area contributed by atoms with Crippen molar-refractivity contribution < 1.29 is 14.0 Å². The van der Waals surface area contributed by atoms with Crippen LogP contribution < -0.4 is 10.8 Å². The molecular formula is C25H45BN2O3. The quantitative estimate of drug-likeness (QED) is 0.285. The van der Waals surface area contributed by atoms with Gasteiger partial charge in [-0.05, 0) is 83.0 Å². The maximum atomic E-state index is 8.24. The van der Waals surface area contributed by atoms with E-state index in [1.54, 1.807) is 0 Å². The highest BCUT2D eigenvalue weighted by Crippen LogP contribution is 2.38. The Morgan fingerprint density at radius 1 is 1.10 bits per heavy atom. The molecule has 1 aromatic rings. The minimum atomic E-state index is -0.506. The van der Waals surface area contributed by atoms with Gasteiger partial charge in [-0.2, -0.15) is 0 Å². The highest BCUT2D eigenvalue weighted by atomic mass is 16.7. The number of ether oxygens (including phenoxy) is 1. The van der Waals surface area contributed by atoms with Crippen molar-refractivity contribution in [3.8, 4) is 0 Å². The molecule has 176 valence electrons. The molecule has 5 nitrogen and oxygen atoms in total. The molecule has 0 amide bonds. The zero-order valence-corrected chi connectivity index (χ0v) is 21.7. The molecule has 2 atom stereocenters. The Hall–Kier alpha value is -1.37. The van der Waals surface area contributed by atoms with Gasteiger partial charge in [-0.25, -0.2) is 0 Å². The van der Waals surface area contributed by atoms with Crippen LogP contribution in [0.15, 0.2) is 6.07 Å². The lowest BCUT2D eigenvalue weighted by Gasteiger charge is -2.32. The molecule has 2 N–H and O–H groups in total. The van der Waals surface area contributed by atoms with Gasteiger partial charge < -0.3 is 24.8 Å². The van der Waals surface area contributed by atoms with Gasteiger partial charge >= 0.3 is 7.12 Å². The summed E-state index contributed by atoms with van der Waals surface area (Å²) in [6, 6.07) is 2.14. The average Bonchev–Trinajstić information content (AvgIpc) is 2.94. The number of hydrogen-bond donors (Lipinski definition) is 2. The first-order valence-electron chi connectivity index (χ1n) is 11.9. The van der Waals surface area contributed by atoms with Crippen LogP contribution in [0.4, 0.5) is 5.69 Å². The molecule has 31 heavy (non-hydrogen) atoms. The Kier molecular flexibility index (Phi) is 10.3. The molecule has 0 aromatic heterocycles. The fourth-order valence-corrected chi connectivity index (χ4v) is 3.86. The monoisotopic (exact) mass is 432 g/mol. The van der Waals surface area contributed by atoms with Crippen LogP contribution in [-0.2, 0) is 14.0 Å². The van der Waals surface area contributed by atoms with E-state index in [-0.39, 0.29) is 6.23 Å². The van der Waals surface area contributed by atoms with E-state index in [1.807, 2.05) is 20.8 Å². The van der Waals surface area contributed by atoms with Crippen LogP contribution in [0.3, 0.4) is 0 Å². The lowest BCUT2D eigenvalue weighted by atomic mass is 9.68. The Balaban J connectivity index is 0.00000233. The van der Waals surface area contributed by atoms with Crippen molar-refractivity contribution in [2.75, 3.05) is 11.9 Å². The Morgan fingerprint density at radius 2 is 1.65 bits per heavy atom. The molecule has 2 rings (SSSR count).